The second kappa shape index (κ2) is 8.11. The van der Waals surface area contributed by atoms with Gasteiger partial charge in [-0.05, 0) is 31.4 Å². The Morgan fingerprint density at radius 2 is 1.96 bits per heavy atom. The van der Waals surface area contributed by atoms with Crippen molar-refractivity contribution in [1.29, 1.82) is 0 Å². The van der Waals surface area contributed by atoms with Crippen LogP contribution in [0.3, 0.4) is 0 Å². The molecule has 1 aromatic rings. The van der Waals surface area contributed by atoms with E-state index in [-0.39, 0.29) is 28.6 Å². The highest BCUT2D eigenvalue weighted by Gasteiger charge is 2.33. The summed E-state index contributed by atoms with van der Waals surface area (Å²) in [6.07, 6.45) is 4.31. The Hall–Kier alpha value is -1.37. The summed E-state index contributed by atoms with van der Waals surface area (Å²) in [6, 6.07) is 3.07. The third-order valence-electron chi connectivity index (χ3n) is 5.38. The molecule has 1 aromatic carbocycles. The molecule has 0 bridgehead atoms. The number of carbonyl (C=O) groups excluding carboxylic acids is 1. The molecule has 1 heterocycles. The lowest BCUT2D eigenvalue weighted by Gasteiger charge is -2.41. The first-order valence-corrected chi connectivity index (χ1v) is 9.77. The standard InChI is InChI=1S/C18H23Cl2N3O3/c1-12-10-21(6-7-22(12)18(24)13-4-2-3-5-13)11-14-8-15(19)9-16(17(14)20)23(25)26/h8-9,12-13H,2-7,10-11H2,1H3. The first-order valence-electron chi connectivity index (χ1n) is 9.02. The van der Waals surface area contributed by atoms with Crippen LogP contribution in [0.2, 0.25) is 10.0 Å². The minimum atomic E-state index is -0.515. The van der Waals surface area contributed by atoms with Crippen LogP contribution in [0.1, 0.15) is 38.2 Å². The fourth-order valence-corrected chi connectivity index (χ4v) is 4.50. The summed E-state index contributed by atoms with van der Waals surface area (Å²) in [5.41, 5.74) is 0.478. The highest BCUT2D eigenvalue weighted by atomic mass is 35.5. The fourth-order valence-electron chi connectivity index (χ4n) is 4.03. The molecule has 2 fully saturated rings. The smallest absolute Gasteiger partial charge is 0.289 e. The minimum Gasteiger partial charge on any atom is -0.337 e. The molecule has 1 amide bonds. The fraction of sp³-hybridized carbons (Fsp3) is 0.611. The molecule has 6 nitrogen and oxygen atoms in total. The monoisotopic (exact) mass is 399 g/mol. The number of nitro benzene ring substituents is 1. The van der Waals surface area contributed by atoms with E-state index < -0.39 is 4.92 Å². The molecule has 3 rings (SSSR count). The van der Waals surface area contributed by atoms with Crippen LogP contribution < -0.4 is 0 Å². The summed E-state index contributed by atoms with van der Waals surface area (Å²) in [6.45, 7) is 4.66. The largest absolute Gasteiger partial charge is 0.337 e. The van der Waals surface area contributed by atoms with Crippen molar-refractivity contribution in [3.05, 3.63) is 37.9 Å². The van der Waals surface area contributed by atoms with Gasteiger partial charge in [-0.1, -0.05) is 36.0 Å². The third-order valence-corrected chi connectivity index (χ3v) is 6.04. The molecule has 1 unspecified atom stereocenters. The van der Waals surface area contributed by atoms with Gasteiger partial charge >= 0.3 is 0 Å². The topological polar surface area (TPSA) is 66.7 Å². The normalized spacial score (nSPS) is 22.0. The third kappa shape index (κ3) is 4.13. The Morgan fingerprint density at radius 3 is 2.58 bits per heavy atom. The van der Waals surface area contributed by atoms with Gasteiger partial charge in [0.05, 0.1) is 4.92 Å². The van der Waals surface area contributed by atoms with Gasteiger partial charge in [-0.3, -0.25) is 19.8 Å². The van der Waals surface area contributed by atoms with Crippen LogP contribution in [0.15, 0.2) is 12.1 Å². The van der Waals surface area contributed by atoms with E-state index in [9.17, 15) is 14.9 Å². The zero-order valence-corrected chi connectivity index (χ0v) is 16.3. The first-order chi connectivity index (χ1) is 12.4. The highest BCUT2D eigenvalue weighted by Crippen LogP contribution is 2.33. The molecular weight excluding hydrogens is 377 g/mol. The number of hydrogen-bond acceptors (Lipinski definition) is 4. The van der Waals surface area contributed by atoms with E-state index in [4.69, 9.17) is 23.2 Å². The maximum atomic E-state index is 12.7. The van der Waals surface area contributed by atoms with Gasteiger partial charge in [0.15, 0.2) is 0 Å². The van der Waals surface area contributed by atoms with Crippen LogP contribution in [0.25, 0.3) is 0 Å². The summed E-state index contributed by atoms with van der Waals surface area (Å²) in [7, 11) is 0. The lowest BCUT2D eigenvalue weighted by molar-refractivity contribution is -0.384. The van der Waals surface area contributed by atoms with Gasteiger partial charge in [0.2, 0.25) is 5.91 Å². The molecule has 0 N–H and O–H groups in total. The van der Waals surface area contributed by atoms with Gasteiger partial charge in [0.1, 0.15) is 5.02 Å². The van der Waals surface area contributed by atoms with E-state index in [0.717, 1.165) is 38.8 Å². The molecule has 1 aliphatic carbocycles. The molecule has 1 saturated heterocycles. The second-order valence-electron chi connectivity index (χ2n) is 7.25. The maximum absolute atomic E-state index is 12.7. The predicted molar refractivity (Wildman–Crippen MR) is 102 cm³/mol. The molecule has 1 aliphatic heterocycles. The van der Waals surface area contributed by atoms with Crippen LogP contribution >= 0.6 is 23.2 Å². The Kier molecular flexibility index (Phi) is 6.05. The van der Waals surface area contributed by atoms with Crippen molar-refractivity contribution >= 4 is 34.8 Å². The molecule has 1 atom stereocenters. The van der Waals surface area contributed by atoms with Crippen molar-refractivity contribution in [2.75, 3.05) is 19.6 Å². The summed E-state index contributed by atoms with van der Waals surface area (Å²) < 4.78 is 0. The zero-order valence-electron chi connectivity index (χ0n) is 14.8. The molecule has 0 aromatic heterocycles. The van der Waals surface area contributed by atoms with Crippen molar-refractivity contribution in [2.45, 2.75) is 45.2 Å². The van der Waals surface area contributed by atoms with Gasteiger partial charge in [0, 0.05) is 49.2 Å². The Morgan fingerprint density at radius 1 is 1.27 bits per heavy atom. The number of piperazine rings is 1. The number of rotatable bonds is 4. The van der Waals surface area contributed by atoms with E-state index in [2.05, 4.69) is 11.8 Å². The highest BCUT2D eigenvalue weighted by molar-refractivity contribution is 6.35. The first kappa shape index (κ1) is 19.4. The summed E-state index contributed by atoms with van der Waals surface area (Å²) in [5, 5.41) is 11.6. The maximum Gasteiger partial charge on any atom is 0.289 e. The van der Waals surface area contributed by atoms with Crippen molar-refractivity contribution in [3.8, 4) is 0 Å². The number of carbonyl (C=O) groups is 1. The van der Waals surface area contributed by atoms with E-state index in [0.29, 0.717) is 23.7 Å². The molecule has 26 heavy (non-hydrogen) atoms. The molecule has 8 heteroatoms. The quantitative estimate of drug-likeness (QED) is 0.563. The van der Waals surface area contributed by atoms with Crippen molar-refractivity contribution < 1.29 is 9.72 Å². The average molecular weight is 400 g/mol. The summed E-state index contributed by atoms with van der Waals surface area (Å²) >= 11 is 12.2. The second-order valence-corrected chi connectivity index (χ2v) is 8.07. The summed E-state index contributed by atoms with van der Waals surface area (Å²) in [5.74, 6) is 0.472. The predicted octanol–water partition coefficient (Wildman–Crippen LogP) is 4.12. The van der Waals surface area contributed by atoms with Crippen molar-refractivity contribution in [1.82, 2.24) is 9.80 Å². The van der Waals surface area contributed by atoms with Gasteiger partial charge in [-0.15, -0.1) is 0 Å². The van der Waals surface area contributed by atoms with Gasteiger partial charge in [0.25, 0.3) is 5.69 Å². The lowest BCUT2D eigenvalue weighted by atomic mass is 10.0. The molecule has 142 valence electrons. The number of benzene rings is 1. The molecule has 2 aliphatic rings. The molecule has 0 radical (unpaired) electrons. The van der Waals surface area contributed by atoms with E-state index >= 15 is 0 Å². The van der Waals surface area contributed by atoms with Crippen LogP contribution in [-0.2, 0) is 11.3 Å². The van der Waals surface area contributed by atoms with Crippen molar-refractivity contribution in [3.63, 3.8) is 0 Å². The number of hydrogen-bond donors (Lipinski definition) is 0. The van der Waals surface area contributed by atoms with Crippen LogP contribution in [0, 0.1) is 16.0 Å². The molecule has 0 spiro atoms. The van der Waals surface area contributed by atoms with Gasteiger partial charge < -0.3 is 4.90 Å². The number of amides is 1. The number of halogens is 2. The van der Waals surface area contributed by atoms with Crippen molar-refractivity contribution in [2.24, 2.45) is 5.92 Å². The molecular formula is C18H23Cl2N3O3. The van der Waals surface area contributed by atoms with Crippen LogP contribution in [0.4, 0.5) is 5.69 Å². The minimum absolute atomic E-state index is 0.116. The van der Waals surface area contributed by atoms with Gasteiger partial charge in [-0.25, -0.2) is 0 Å². The number of nitro groups is 1. The SMILES string of the molecule is CC1CN(Cc2cc(Cl)cc([N+](=O)[O-])c2Cl)CCN1C(=O)C1CCCC1. The van der Waals surface area contributed by atoms with Crippen LogP contribution in [-0.4, -0.2) is 46.3 Å². The average Bonchev–Trinajstić information content (AvgIpc) is 3.11. The summed E-state index contributed by atoms with van der Waals surface area (Å²) in [4.78, 5) is 27.5. The van der Waals surface area contributed by atoms with E-state index in [1.165, 1.54) is 6.07 Å². The Bertz CT molecular complexity index is 707. The van der Waals surface area contributed by atoms with E-state index in [1.54, 1.807) is 6.07 Å². The van der Waals surface area contributed by atoms with Crippen LogP contribution in [0.5, 0.6) is 0 Å². The number of nitrogens with zero attached hydrogens (tertiary/aromatic N) is 3. The van der Waals surface area contributed by atoms with Gasteiger partial charge in [-0.2, -0.15) is 0 Å². The lowest BCUT2D eigenvalue weighted by Crippen LogP contribution is -2.54. The van der Waals surface area contributed by atoms with E-state index in [1.807, 2.05) is 4.90 Å². The zero-order chi connectivity index (χ0) is 18.8. The Balaban J connectivity index is 1.66. The Labute approximate surface area is 163 Å². The molecule has 1 saturated carbocycles.